The number of hydrogen-bond donors (Lipinski definition) is 0. The number of carbonyl (C=O) groups excluding carboxylic acids is 1. The van der Waals surface area contributed by atoms with Crippen LogP contribution in [0.4, 0.5) is 0 Å². The maximum atomic E-state index is 11.2. The van der Waals surface area contributed by atoms with Gasteiger partial charge in [0, 0.05) is 21.2 Å². The van der Waals surface area contributed by atoms with Crippen molar-refractivity contribution in [2.75, 3.05) is 0 Å². The summed E-state index contributed by atoms with van der Waals surface area (Å²) < 4.78 is 0. The van der Waals surface area contributed by atoms with Gasteiger partial charge in [0.25, 0.3) is 5.91 Å². The van der Waals surface area contributed by atoms with E-state index < -0.39 is 5.91 Å². The normalized spacial score (nSPS) is 9.60. The zero-order valence-corrected chi connectivity index (χ0v) is 8.96. The average molecular weight is 236 g/mol. The molecule has 0 unspecified atom stereocenters. The van der Waals surface area contributed by atoms with Crippen LogP contribution in [-0.4, -0.2) is 10.9 Å². The van der Waals surface area contributed by atoms with E-state index in [1.54, 1.807) is 16.7 Å². The molecule has 5 nitrogen and oxygen atoms in total. The molecule has 7 heteroatoms. The Balaban J connectivity index is 2.32. The number of thiophene rings is 1. The molecule has 0 saturated carbocycles. The fourth-order valence-corrected chi connectivity index (χ4v) is 2.49. The summed E-state index contributed by atoms with van der Waals surface area (Å²) in [5, 5.41) is 9.20. The van der Waals surface area contributed by atoms with E-state index in [9.17, 15) is 4.79 Å². The highest BCUT2D eigenvalue weighted by molar-refractivity contribution is 7.14. The van der Waals surface area contributed by atoms with Crippen LogP contribution in [0.15, 0.2) is 27.3 Å². The summed E-state index contributed by atoms with van der Waals surface area (Å²) in [6.07, 6.45) is 0. The van der Waals surface area contributed by atoms with Gasteiger partial charge in [-0.15, -0.1) is 11.3 Å². The molecule has 0 bridgehead atoms. The minimum atomic E-state index is -0.643. The van der Waals surface area contributed by atoms with Crippen molar-refractivity contribution < 1.29 is 4.79 Å². The van der Waals surface area contributed by atoms with Crippen LogP contribution in [0, 0.1) is 0 Å². The number of carbonyl (C=O) groups is 1. The third-order valence-corrected chi connectivity index (χ3v) is 3.20. The van der Waals surface area contributed by atoms with Crippen LogP contribution in [0.1, 0.15) is 10.5 Å². The molecule has 2 heterocycles. The van der Waals surface area contributed by atoms with Crippen molar-refractivity contribution in [2.24, 2.45) is 5.11 Å². The molecule has 0 spiro atoms. The Labute approximate surface area is 92.6 Å². The van der Waals surface area contributed by atoms with Gasteiger partial charge in [-0.2, -0.15) is 11.3 Å². The molecular weight excluding hydrogens is 232 g/mol. The van der Waals surface area contributed by atoms with Crippen LogP contribution in [0.25, 0.3) is 21.0 Å². The van der Waals surface area contributed by atoms with E-state index in [0.29, 0.717) is 0 Å². The van der Waals surface area contributed by atoms with Crippen molar-refractivity contribution >= 4 is 28.6 Å². The molecule has 0 N–H and O–H groups in total. The third kappa shape index (κ3) is 2.04. The lowest BCUT2D eigenvalue weighted by Crippen LogP contribution is -1.92. The lowest BCUT2D eigenvalue weighted by atomic mass is 10.3. The smallest absolute Gasteiger partial charge is 0.268 e. The number of amides is 1. The van der Waals surface area contributed by atoms with Crippen molar-refractivity contribution in [3.8, 4) is 10.6 Å². The zero-order chi connectivity index (χ0) is 10.7. The summed E-state index contributed by atoms with van der Waals surface area (Å²) in [6, 6.07) is 1.92. The number of aromatic nitrogens is 1. The van der Waals surface area contributed by atoms with Crippen LogP contribution in [0.3, 0.4) is 0 Å². The molecule has 2 rings (SSSR count). The lowest BCUT2D eigenvalue weighted by molar-refractivity contribution is 0.0996. The minimum absolute atomic E-state index is 0.194. The first-order chi connectivity index (χ1) is 7.31. The van der Waals surface area contributed by atoms with Crippen LogP contribution >= 0.6 is 22.7 Å². The van der Waals surface area contributed by atoms with Crippen LogP contribution in [0.5, 0.6) is 0 Å². The van der Waals surface area contributed by atoms with E-state index in [0.717, 1.165) is 10.6 Å². The lowest BCUT2D eigenvalue weighted by Gasteiger charge is -1.86. The van der Waals surface area contributed by atoms with Gasteiger partial charge in [0.05, 0.1) is 0 Å². The second-order valence-corrected chi connectivity index (χ2v) is 4.18. The summed E-state index contributed by atoms with van der Waals surface area (Å²) in [6.45, 7) is 0. The summed E-state index contributed by atoms with van der Waals surface area (Å²) in [7, 11) is 0. The first kappa shape index (κ1) is 9.85. The highest BCUT2D eigenvalue weighted by Gasteiger charge is 2.09. The molecule has 0 aromatic carbocycles. The highest BCUT2D eigenvalue weighted by atomic mass is 32.1. The molecule has 0 atom stereocenters. The van der Waals surface area contributed by atoms with Crippen LogP contribution in [0.2, 0.25) is 0 Å². The molecule has 74 valence electrons. The predicted octanol–water partition coefficient (Wildman–Crippen LogP) is 3.32. The van der Waals surface area contributed by atoms with Crippen molar-refractivity contribution in [3.63, 3.8) is 0 Å². The van der Waals surface area contributed by atoms with Crippen LogP contribution < -0.4 is 0 Å². The minimum Gasteiger partial charge on any atom is -0.285 e. The van der Waals surface area contributed by atoms with Crippen molar-refractivity contribution in [2.45, 2.75) is 0 Å². The van der Waals surface area contributed by atoms with E-state index in [2.05, 4.69) is 15.0 Å². The van der Waals surface area contributed by atoms with Gasteiger partial charge < -0.3 is 0 Å². The van der Waals surface area contributed by atoms with Gasteiger partial charge in [0.15, 0.2) is 0 Å². The fourth-order valence-electron chi connectivity index (χ4n) is 0.983. The third-order valence-electron chi connectivity index (χ3n) is 1.63. The molecule has 0 saturated heterocycles. The van der Waals surface area contributed by atoms with E-state index >= 15 is 0 Å². The van der Waals surface area contributed by atoms with Crippen molar-refractivity contribution in [1.82, 2.24) is 4.98 Å². The second kappa shape index (κ2) is 4.22. The Morgan fingerprint density at radius 2 is 2.40 bits per heavy atom. The Morgan fingerprint density at radius 1 is 1.53 bits per heavy atom. The molecule has 0 fully saturated rings. The molecule has 2 aromatic heterocycles. The van der Waals surface area contributed by atoms with E-state index in [1.807, 2.05) is 16.8 Å². The molecule has 0 aliphatic rings. The highest BCUT2D eigenvalue weighted by Crippen LogP contribution is 2.25. The fraction of sp³-hybridized carbons (Fsp3) is 0. The quantitative estimate of drug-likeness (QED) is 0.455. The molecule has 15 heavy (non-hydrogen) atoms. The summed E-state index contributed by atoms with van der Waals surface area (Å²) in [5.74, 6) is -0.643. The monoisotopic (exact) mass is 236 g/mol. The molecule has 0 aliphatic heterocycles. The van der Waals surface area contributed by atoms with Gasteiger partial charge in [-0.05, 0) is 22.1 Å². The van der Waals surface area contributed by atoms with E-state index in [4.69, 9.17) is 5.53 Å². The summed E-state index contributed by atoms with van der Waals surface area (Å²) in [4.78, 5) is 17.7. The number of nitrogens with zero attached hydrogens (tertiary/aromatic N) is 4. The molecule has 0 radical (unpaired) electrons. The standard InChI is InChI=1S/C8H4N4OS2/c9-12-11-7(13)6-4-15-8(10-6)5-1-2-14-3-5/h1-4H. The van der Waals surface area contributed by atoms with Gasteiger partial charge >= 0.3 is 0 Å². The maximum absolute atomic E-state index is 11.2. The van der Waals surface area contributed by atoms with Gasteiger partial charge in [0.2, 0.25) is 0 Å². The maximum Gasteiger partial charge on any atom is 0.268 e. The molecular formula is C8H4N4OS2. The second-order valence-electron chi connectivity index (χ2n) is 2.54. The number of rotatable bonds is 2. The van der Waals surface area contributed by atoms with Crippen LogP contribution in [-0.2, 0) is 0 Å². The SMILES string of the molecule is [N-]=[N+]=NC(=O)c1csc(-c2ccsc2)n1. The van der Waals surface area contributed by atoms with Crippen molar-refractivity contribution in [3.05, 3.63) is 38.3 Å². The van der Waals surface area contributed by atoms with Gasteiger partial charge in [-0.1, -0.05) is 0 Å². The molecule has 2 aromatic rings. The first-order valence-electron chi connectivity index (χ1n) is 3.89. The van der Waals surface area contributed by atoms with Gasteiger partial charge in [-0.25, -0.2) is 4.98 Å². The Kier molecular flexibility index (Phi) is 2.77. The Hall–Kier alpha value is -1.69. The Bertz CT molecular complexity index is 525. The summed E-state index contributed by atoms with van der Waals surface area (Å²) in [5.41, 5.74) is 9.27. The Morgan fingerprint density at radius 3 is 3.07 bits per heavy atom. The first-order valence-corrected chi connectivity index (χ1v) is 5.71. The average Bonchev–Trinajstić information content (AvgIpc) is 2.89. The predicted molar refractivity (Wildman–Crippen MR) is 58.9 cm³/mol. The largest absolute Gasteiger partial charge is 0.285 e. The van der Waals surface area contributed by atoms with Gasteiger partial charge in [0.1, 0.15) is 10.7 Å². The molecule has 0 aliphatic carbocycles. The summed E-state index contributed by atoms with van der Waals surface area (Å²) >= 11 is 2.92. The van der Waals surface area contributed by atoms with Crippen molar-refractivity contribution in [1.29, 1.82) is 0 Å². The number of hydrogen-bond acceptors (Lipinski definition) is 4. The number of azide groups is 1. The van der Waals surface area contributed by atoms with Gasteiger partial charge in [-0.3, -0.25) is 4.79 Å². The molecule has 1 amide bonds. The van der Waals surface area contributed by atoms with E-state index in [-0.39, 0.29) is 5.69 Å². The number of thiazole rings is 1. The zero-order valence-electron chi connectivity index (χ0n) is 7.32. The van der Waals surface area contributed by atoms with E-state index in [1.165, 1.54) is 11.3 Å². The topological polar surface area (TPSA) is 78.7 Å².